The minimum absolute atomic E-state index is 0.201. The Morgan fingerprint density at radius 2 is 2.09 bits per heavy atom. The molecule has 2 heteroatoms. The number of hydrogen-bond donors (Lipinski definition) is 0. The van der Waals surface area contributed by atoms with E-state index in [2.05, 4.69) is 18.2 Å². The van der Waals surface area contributed by atoms with Gasteiger partial charge in [0, 0.05) is 5.92 Å². The number of rotatable bonds is 1. The third-order valence-electron chi connectivity index (χ3n) is 2.48. The van der Waals surface area contributed by atoms with E-state index in [4.69, 9.17) is 10.00 Å². The zero-order chi connectivity index (χ0) is 7.68. The maximum Gasteiger partial charge on any atom is 0.0853 e. The minimum Gasteiger partial charge on any atom is -0.373 e. The van der Waals surface area contributed by atoms with Crippen LogP contribution in [0, 0.1) is 23.2 Å². The molecule has 1 fully saturated rings. The molecule has 0 saturated carbocycles. The molecule has 0 unspecified atom stereocenters. The third-order valence-corrected chi connectivity index (χ3v) is 2.48. The van der Waals surface area contributed by atoms with Crippen LogP contribution in [0.25, 0.3) is 0 Å². The lowest BCUT2D eigenvalue weighted by Crippen LogP contribution is -2.20. The van der Waals surface area contributed by atoms with Crippen LogP contribution in [0.1, 0.15) is 12.8 Å². The number of nitriles is 1. The van der Waals surface area contributed by atoms with Crippen molar-refractivity contribution in [1.29, 1.82) is 5.26 Å². The average molecular weight is 149 g/mol. The Balaban J connectivity index is 2.05. The van der Waals surface area contributed by atoms with Gasteiger partial charge in [0.15, 0.2) is 0 Å². The van der Waals surface area contributed by atoms with E-state index in [0.717, 1.165) is 19.4 Å². The lowest BCUT2D eigenvalue weighted by atomic mass is 9.82. The van der Waals surface area contributed by atoms with Crippen molar-refractivity contribution >= 4 is 0 Å². The van der Waals surface area contributed by atoms with Gasteiger partial charge in [-0.2, -0.15) is 5.26 Å². The molecular formula is C9H11NO. The second-order valence-electron chi connectivity index (χ2n) is 3.21. The van der Waals surface area contributed by atoms with Gasteiger partial charge < -0.3 is 4.74 Å². The van der Waals surface area contributed by atoms with Crippen molar-refractivity contribution < 1.29 is 4.74 Å². The molecule has 1 heterocycles. The predicted octanol–water partition coefficient (Wildman–Crippen LogP) is 1.49. The number of epoxide rings is 1. The van der Waals surface area contributed by atoms with Crippen LogP contribution in [0.15, 0.2) is 12.2 Å². The Morgan fingerprint density at radius 3 is 2.73 bits per heavy atom. The van der Waals surface area contributed by atoms with Gasteiger partial charge in [0.05, 0.1) is 24.7 Å². The van der Waals surface area contributed by atoms with Crippen LogP contribution in [0.4, 0.5) is 0 Å². The van der Waals surface area contributed by atoms with Gasteiger partial charge in [-0.3, -0.25) is 0 Å². The molecule has 0 aromatic carbocycles. The SMILES string of the molecule is N#C[C@@H]1CC=CC[C@@H]1[C@@H]1CO1. The molecule has 2 rings (SSSR count). The summed E-state index contributed by atoms with van der Waals surface area (Å²) in [6, 6.07) is 2.34. The highest BCUT2D eigenvalue weighted by atomic mass is 16.6. The van der Waals surface area contributed by atoms with E-state index < -0.39 is 0 Å². The molecule has 0 aromatic rings. The van der Waals surface area contributed by atoms with Crippen LogP contribution in [0.5, 0.6) is 0 Å². The molecule has 0 radical (unpaired) electrons. The van der Waals surface area contributed by atoms with Gasteiger partial charge in [0.25, 0.3) is 0 Å². The van der Waals surface area contributed by atoms with Gasteiger partial charge in [-0.15, -0.1) is 0 Å². The van der Waals surface area contributed by atoms with Crippen molar-refractivity contribution in [1.82, 2.24) is 0 Å². The van der Waals surface area contributed by atoms with Crippen LogP contribution in [0.2, 0.25) is 0 Å². The third kappa shape index (κ3) is 1.29. The lowest BCUT2D eigenvalue weighted by molar-refractivity contribution is 0.277. The summed E-state index contributed by atoms with van der Waals surface area (Å²) in [5.41, 5.74) is 0. The van der Waals surface area contributed by atoms with Gasteiger partial charge in [-0.05, 0) is 12.8 Å². The van der Waals surface area contributed by atoms with Gasteiger partial charge in [-0.25, -0.2) is 0 Å². The second-order valence-corrected chi connectivity index (χ2v) is 3.21. The smallest absolute Gasteiger partial charge is 0.0853 e. The Morgan fingerprint density at radius 1 is 1.36 bits per heavy atom. The molecule has 3 atom stereocenters. The Hall–Kier alpha value is -0.810. The van der Waals surface area contributed by atoms with E-state index >= 15 is 0 Å². The molecule has 58 valence electrons. The molecule has 1 saturated heterocycles. The normalized spacial score (nSPS) is 41.5. The van der Waals surface area contributed by atoms with Crippen molar-refractivity contribution in [3.05, 3.63) is 12.2 Å². The summed E-state index contributed by atoms with van der Waals surface area (Å²) in [4.78, 5) is 0. The summed E-state index contributed by atoms with van der Waals surface area (Å²) in [5, 5.41) is 8.80. The van der Waals surface area contributed by atoms with E-state index in [9.17, 15) is 0 Å². The molecule has 0 N–H and O–H groups in total. The van der Waals surface area contributed by atoms with E-state index in [1.54, 1.807) is 0 Å². The molecule has 11 heavy (non-hydrogen) atoms. The fourth-order valence-electron chi connectivity index (χ4n) is 1.70. The molecular weight excluding hydrogens is 138 g/mol. The van der Waals surface area contributed by atoms with Crippen LogP contribution in [0.3, 0.4) is 0 Å². The summed E-state index contributed by atoms with van der Waals surface area (Å²) in [5.74, 6) is 0.678. The van der Waals surface area contributed by atoms with Gasteiger partial charge in [0.1, 0.15) is 0 Å². The van der Waals surface area contributed by atoms with Crippen LogP contribution < -0.4 is 0 Å². The first-order chi connectivity index (χ1) is 5.42. The minimum atomic E-state index is 0.201. The lowest BCUT2D eigenvalue weighted by Gasteiger charge is -2.20. The highest BCUT2D eigenvalue weighted by Crippen LogP contribution is 2.34. The number of nitrogens with zero attached hydrogens (tertiary/aromatic N) is 1. The monoisotopic (exact) mass is 149 g/mol. The Kier molecular flexibility index (Phi) is 1.67. The van der Waals surface area contributed by atoms with Crippen LogP contribution >= 0.6 is 0 Å². The highest BCUT2D eigenvalue weighted by Gasteiger charge is 2.37. The molecule has 2 aliphatic rings. The standard InChI is InChI=1S/C9H11NO/c10-5-7-3-1-2-4-8(7)9-6-11-9/h1-2,7-9H,3-4,6H2/t7-,8-,9-/m0/s1. The molecule has 1 aliphatic heterocycles. The molecule has 0 aromatic heterocycles. The molecule has 2 nitrogen and oxygen atoms in total. The van der Waals surface area contributed by atoms with E-state index in [-0.39, 0.29) is 5.92 Å². The molecule has 0 amide bonds. The molecule has 0 spiro atoms. The summed E-state index contributed by atoms with van der Waals surface area (Å²) in [7, 11) is 0. The summed E-state index contributed by atoms with van der Waals surface area (Å²) >= 11 is 0. The van der Waals surface area contributed by atoms with Crippen molar-refractivity contribution in [2.75, 3.05) is 6.61 Å². The first-order valence-electron chi connectivity index (χ1n) is 4.08. The first-order valence-corrected chi connectivity index (χ1v) is 4.08. The zero-order valence-electron chi connectivity index (χ0n) is 6.36. The zero-order valence-corrected chi connectivity index (χ0v) is 6.36. The fourth-order valence-corrected chi connectivity index (χ4v) is 1.70. The van der Waals surface area contributed by atoms with Crippen LogP contribution in [-0.4, -0.2) is 12.7 Å². The highest BCUT2D eigenvalue weighted by molar-refractivity contribution is 5.05. The van der Waals surface area contributed by atoms with Crippen molar-refractivity contribution in [3.63, 3.8) is 0 Å². The summed E-state index contributed by atoms with van der Waals surface area (Å²) in [6.07, 6.45) is 6.61. The van der Waals surface area contributed by atoms with E-state index in [1.807, 2.05) is 0 Å². The van der Waals surface area contributed by atoms with Crippen LogP contribution in [-0.2, 0) is 4.74 Å². The number of hydrogen-bond acceptors (Lipinski definition) is 2. The molecule has 1 aliphatic carbocycles. The topological polar surface area (TPSA) is 36.3 Å². The predicted molar refractivity (Wildman–Crippen MR) is 40.7 cm³/mol. The van der Waals surface area contributed by atoms with Crippen molar-refractivity contribution in [2.24, 2.45) is 11.8 Å². The summed E-state index contributed by atoms with van der Waals surface area (Å²) in [6.45, 7) is 0.872. The maximum absolute atomic E-state index is 8.80. The Labute approximate surface area is 66.5 Å². The average Bonchev–Trinajstić information content (AvgIpc) is 2.87. The van der Waals surface area contributed by atoms with Gasteiger partial charge >= 0.3 is 0 Å². The quantitative estimate of drug-likeness (QED) is 0.418. The van der Waals surface area contributed by atoms with Gasteiger partial charge in [-0.1, -0.05) is 12.2 Å². The number of ether oxygens (including phenoxy) is 1. The fraction of sp³-hybridized carbons (Fsp3) is 0.667. The Bertz CT molecular complexity index is 212. The second kappa shape index (κ2) is 2.67. The van der Waals surface area contributed by atoms with E-state index in [1.165, 1.54) is 0 Å². The van der Waals surface area contributed by atoms with E-state index in [0.29, 0.717) is 12.0 Å². The van der Waals surface area contributed by atoms with Crippen molar-refractivity contribution in [3.8, 4) is 6.07 Å². The molecule has 0 bridgehead atoms. The summed E-state index contributed by atoms with van der Waals surface area (Å²) < 4.78 is 5.20. The van der Waals surface area contributed by atoms with Crippen molar-refractivity contribution in [2.45, 2.75) is 18.9 Å². The first kappa shape index (κ1) is 6.87. The largest absolute Gasteiger partial charge is 0.373 e. The number of allylic oxidation sites excluding steroid dienone is 2. The maximum atomic E-state index is 8.80. The van der Waals surface area contributed by atoms with Gasteiger partial charge in [0.2, 0.25) is 0 Å².